The molecule has 2 aromatic carbocycles. The third-order valence-corrected chi connectivity index (χ3v) is 5.78. The van der Waals surface area contributed by atoms with Crippen LogP contribution in [0.2, 0.25) is 0 Å². The number of benzene rings is 2. The fourth-order valence-corrected chi connectivity index (χ4v) is 3.97. The molecule has 3 aliphatic rings. The van der Waals surface area contributed by atoms with Crippen molar-refractivity contribution in [3.63, 3.8) is 0 Å². The first kappa shape index (κ1) is 16.7. The Labute approximate surface area is 166 Å². The molecule has 8 heteroatoms. The maximum atomic E-state index is 12.7. The number of carbonyl (C=O) groups is 1. The summed E-state index contributed by atoms with van der Waals surface area (Å²) in [6.45, 7) is 3.37. The summed E-state index contributed by atoms with van der Waals surface area (Å²) >= 11 is 0. The Balaban J connectivity index is 1.23. The van der Waals surface area contributed by atoms with Crippen molar-refractivity contribution in [1.82, 2.24) is 4.98 Å². The summed E-state index contributed by atoms with van der Waals surface area (Å²) in [5.74, 6) is 1.02. The molecule has 6 rings (SSSR count). The second-order valence-corrected chi connectivity index (χ2v) is 7.61. The normalized spacial score (nSPS) is 19.0. The van der Waals surface area contributed by atoms with Gasteiger partial charge in [0.2, 0.25) is 0 Å². The van der Waals surface area contributed by atoms with Gasteiger partial charge in [0, 0.05) is 17.8 Å². The molecule has 0 radical (unpaired) electrons. The highest BCUT2D eigenvalue weighted by molar-refractivity contribution is 6.05. The van der Waals surface area contributed by atoms with Crippen LogP contribution in [0.15, 0.2) is 40.8 Å². The highest BCUT2D eigenvalue weighted by Gasteiger charge is 2.52. The van der Waals surface area contributed by atoms with Crippen LogP contribution in [0.25, 0.3) is 11.1 Å². The number of nitrogens with zero attached hydrogens (tertiary/aromatic N) is 2. The lowest BCUT2D eigenvalue weighted by Gasteiger charge is -2.56. The number of aromatic nitrogens is 1. The largest absolute Gasteiger partial charge is 0.486 e. The lowest BCUT2D eigenvalue weighted by Crippen LogP contribution is -2.71. The Morgan fingerprint density at radius 3 is 2.69 bits per heavy atom. The molecule has 2 fully saturated rings. The molecule has 1 aromatic heterocycles. The van der Waals surface area contributed by atoms with E-state index in [1.54, 1.807) is 18.2 Å². The van der Waals surface area contributed by atoms with Crippen LogP contribution in [0, 0.1) is 0 Å². The summed E-state index contributed by atoms with van der Waals surface area (Å²) < 4.78 is 22.3. The average molecular weight is 393 g/mol. The van der Waals surface area contributed by atoms with Crippen molar-refractivity contribution in [2.75, 3.05) is 43.2 Å². The molecule has 1 amide bonds. The van der Waals surface area contributed by atoms with Crippen molar-refractivity contribution >= 4 is 28.7 Å². The van der Waals surface area contributed by atoms with Crippen LogP contribution in [0.4, 0.5) is 11.7 Å². The van der Waals surface area contributed by atoms with Gasteiger partial charge in [0.05, 0.1) is 18.8 Å². The van der Waals surface area contributed by atoms with Gasteiger partial charge in [-0.3, -0.25) is 4.79 Å². The summed E-state index contributed by atoms with van der Waals surface area (Å²) in [7, 11) is 0. The second kappa shape index (κ2) is 6.12. The van der Waals surface area contributed by atoms with Crippen LogP contribution in [0.3, 0.4) is 0 Å². The van der Waals surface area contributed by atoms with E-state index in [9.17, 15) is 4.79 Å². The minimum absolute atomic E-state index is 0.0656. The standard InChI is InChI=1S/C21H19N3O5/c25-19(13-1-3-17-18(9-13)28-8-7-27-17)22-14-2-4-16-15(10-14)23-20(29-16)24-6-5-21(24)11-26-12-21/h1-4,9-10H,5-8,11-12H2,(H,22,25). The monoisotopic (exact) mass is 393 g/mol. The Morgan fingerprint density at radius 2 is 1.93 bits per heavy atom. The number of rotatable bonds is 3. The third-order valence-electron chi connectivity index (χ3n) is 5.78. The van der Waals surface area contributed by atoms with Crippen LogP contribution in [-0.4, -0.2) is 49.4 Å². The molecule has 0 atom stereocenters. The molecular formula is C21H19N3O5. The zero-order valence-corrected chi connectivity index (χ0v) is 15.6. The molecule has 2 saturated heterocycles. The lowest BCUT2D eigenvalue weighted by molar-refractivity contribution is -0.0870. The van der Waals surface area contributed by atoms with Gasteiger partial charge < -0.3 is 28.8 Å². The SMILES string of the molecule is O=C(Nc1ccc2oc(N3CCC34COC4)nc2c1)c1ccc2c(c1)OCCO2. The van der Waals surface area contributed by atoms with Gasteiger partial charge in [-0.1, -0.05) is 0 Å². The molecular weight excluding hydrogens is 374 g/mol. The van der Waals surface area contributed by atoms with E-state index in [1.807, 2.05) is 18.2 Å². The van der Waals surface area contributed by atoms with Gasteiger partial charge >= 0.3 is 0 Å². The van der Waals surface area contributed by atoms with Gasteiger partial charge in [-0.15, -0.1) is 0 Å². The summed E-state index contributed by atoms with van der Waals surface area (Å²) in [5.41, 5.74) is 2.63. The fourth-order valence-electron chi connectivity index (χ4n) is 3.97. The summed E-state index contributed by atoms with van der Waals surface area (Å²) in [4.78, 5) is 19.5. The van der Waals surface area contributed by atoms with E-state index in [0.717, 1.165) is 26.2 Å². The van der Waals surface area contributed by atoms with Crippen LogP contribution >= 0.6 is 0 Å². The number of amides is 1. The minimum Gasteiger partial charge on any atom is -0.486 e. The number of oxazole rings is 1. The maximum Gasteiger partial charge on any atom is 0.299 e. The number of nitrogens with one attached hydrogen (secondary N) is 1. The zero-order chi connectivity index (χ0) is 19.4. The summed E-state index contributed by atoms with van der Waals surface area (Å²) in [6, 6.07) is 11.2. The van der Waals surface area contributed by atoms with Crippen LogP contribution in [0.1, 0.15) is 16.8 Å². The number of ether oxygens (including phenoxy) is 3. The topological polar surface area (TPSA) is 86.1 Å². The number of anilines is 2. The van der Waals surface area contributed by atoms with Gasteiger partial charge in [0.15, 0.2) is 17.1 Å². The van der Waals surface area contributed by atoms with Crippen LogP contribution < -0.4 is 19.7 Å². The smallest absolute Gasteiger partial charge is 0.299 e. The Morgan fingerprint density at radius 1 is 1.07 bits per heavy atom. The molecule has 0 saturated carbocycles. The van der Waals surface area contributed by atoms with Gasteiger partial charge in [0.1, 0.15) is 18.7 Å². The Bertz CT molecular complexity index is 1120. The molecule has 1 N–H and O–H groups in total. The van der Waals surface area contributed by atoms with E-state index in [-0.39, 0.29) is 11.4 Å². The highest BCUT2D eigenvalue weighted by atomic mass is 16.6. The molecule has 148 valence electrons. The van der Waals surface area contributed by atoms with Crippen molar-refractivity contribution in [2.45, 2.75) is 12.0 Å². The molecule has 3 aliphatic heterocycles. The molecule has 0 aliphatic carbocycles. The van der Waals surface area contributed by atoms with E-state index in [2.05, 4.69) is 15.2 Å². The maximum absolute atomic E-state index is 12.7. The molecule has 0 unspecified atom stereocenters. The highest BCUT2D eigenvalue weighted by Crippen LogP contribution is 2.41. The number of fused-ring (bicyclic) bond motifs is 2. The van der Waals surface area contributed by atoms with Crippen molar-refractivity contribution in [3.05, 3.63) is 42.0 Å². The Kier molecular flexibility index (Phi) is 3.52. The van der Waals surface area contributed by atoms with E-state index in [1.165, 1.54) is 0 Å². The fraction of sp³-hybridized carbons (Fsp3) is 0.333. The average Bonchev–Trinajstić information content (AvgIpc) is 3.07. The van der Waals surface area contributed by atoms with E-state index >= 15 is 0 Å². The van der Waals surface area contributed by atoms with Gasteiger partial charge in [-0.05, 0) is 42.8 Å². The van der Waals surface area contributed by atoms with E-state index < -0.39 is 0 Å². The van der Waals surface area contributed by atoms with Crippen molar-refractivity contribution < 1.29 is 23.4 Å². The van der Waals surface area contributed by atoms with Crippen molar-refractivity contribution in [1.29, 1.82) is 0 Å². The predicted molar refractivity (Wildman–Crippen MR) is 105 cm³/mol. The predicted octanol–water partition coefficient (Wildman–Crippen LogP) is 2.83. The number of hydrogen-bond acceptors (Lipinski definition) is 7. The van der Waals surface area contributed by atoms with E-state index in [0.29, 0.717) is 53.1 Å². The first-order chi connectivity index (χ1) is 14.2. The minimum atomic E-state index is -0.224. The number of carbonyl (C=O) groups excluding carboxylic acids is 1. The van der Waals surface area contributed by atoms with Crippen LogP contribution in [0.5, 0.6) is 11.5 Å². The first-order valence-electron chi connectivity index (χ1n) is 9.67. The van der Waals surface area contributed by atoms with Crippen molar-refractivity contribution in [2.24, 2.45) is 0 Å². The number of hydrogen-bond donors (Lipinski definition) is 1. The van der Waals surface area contributed by atoms with Crippen molar-refractivity contribution in [3.8, 4) is 11.5 Å². The summed E-state index contributed by atoms with van der Waals surface area (Å²) in [6.07, 6.45) is 1.10. The Hall–Kier alpha value is -3.26. The molecule has 1 spiro atoms. The molecule has 8 nitrogen and oxygen atoms in total. The van der Waals surface area contributed by atoms with E-state index in [4.69, 9.17) is 18.6 Å². The third kappa shape index (κ3) is 2.63. The second-order valence-electron chi connectivity index (χ2n) is 7.61. The molecule has 3 aromatic rings. The first-order valence-corrected chi connectivity index (χ1v) is 9.67. The van der Waals surface area contributed by atoms with Gasteiger partial charge in [0.25, 0.3) is 11.9 Å². The molecule has 0 bridgehead atoms. The van der Waals surface area contributed by atoms with Gasteiger partial charge in [-0.2, -0.15) is 4.98 Å². The van der Waals surface area contributed by atoms with Gasteiger partial charge in [-0.25, -0.2) is 0 Å². The molecule has 4 heterocycles. The zero-order valence-electron chi connectivity index (χ0n) is 15.6. The quantitative estimate of drug-likeness (QED) is 0.732. The lowest BCUT2D eigenvalue weighted by atomic mass is 9.83. The van der Waals surface area contributed by atoms with Crippen LogP contribution in [-0.2, 0) is 4.74 Å². The summed E-state index contributed by atoms with van der Waals surface area (Å²) in [5, 5.41) is 2.91. The molecule has 29 heavy (non-hydrogen) atoms.